The van der Waals surface area contributed by atoms with Crippen molar-refractivity contribution in [3.05, 3.63) is 125 Å². The molecule has 0 aliphatic heterocycles. The van der Waals surface area contributed by atoms with E-state index in [2.05, 4.69) is 5.32 Å². The number of nitrogens with one attached hydrogen (secondary N) is 1. The third kappa shape index (κ3) is 8.47. The summed E-state index contributed by atoms with van der Waals surface area (Å²) in [5, 5.41) is 3.41. The first-order chi connectivity index (χ1) is 22.0. The highest BCUT2D eigenvalue weighted by Gasteiger charge is 2.35. The molecule has 0 aliphatic rings. The van der Waals surface area contributed by atoms with Crippen LogP contribution in [0.15, 0.2) is 108 Å². The number of carbonyl (C=O) groups is 2. The molecule has 1 N–H and O–H groups in total. The Hall–Kier alpha value is -4.34. The smallest absolute Gasteiger partial charge is 0.264 e. The van der Waals surface area contributed by atoms with E-state index in [0.717, 1.165) is 15.4 Å². The van der Waals surface area contributed by atoms with Crippen molar-refractivity contribution in [2.75, 3.05) is 18.0 Å². The van der Waals surface area contributed by atoms with Gasteiger partial charge in [-0.2, -0.15) is 0 Å². The number of benzene rings is 4. The normalized spacial score (nSPS) is 12.5. The van der Waals surface area contributed by atoms with E-state index in [1.807, 2.05) is 56.3 Å². The van der Waals surface area contributed by atoms with E-state index in [0.29, 0.717) is 22.8 Å². The van der Waals surface area contributed by atoms with Crippen LogP contribution in [0.3, 0.4) is 0 Å². The maximum Gasteiger partial charge on any atom is 0.264 e. The van der Waals surface area contributed by atoms with E-state index in [-0.39, 0.29) is 35.5 Å². The molecule has 10 heteroatoms. The third-order valence-electron chi connectivity index (χ3n) is 7.88. The molecule has 0 bridgehead atoms. The predicted molar refractivity (Wildman–Crippen MR) is 183 cm³/mol. The van der Waals surface area contributed by atoms with E-state index in [1.165, 1.54) is 17.0 Å². The summed E-state index contributed by atoms with van der Waals surface area (Å²) in [6.07, 6.45) is 0.922. The minimum atomic E-state index is -4.23. The van der Waals surface area contributed by atoms with Gasteiger partial charge in [0.25, 0.3) is 10.0 Å². The summed E-state index contributed by atoms with van der Waals surface area (Å²) in [7, 11) is -2.67. The van der Waals surface area contributed by atoms with Gasteiger partial charge in [0.05, 0.1) is 17.7 Å². The largest absolute Gasteiger partial charge is 0.497 e. The second kappa shape index (κ2) is 15.8. The van der Waals surface area contributed by atoms with Crippen molar-refractivity contribution in [1.82, 2.24) is 10.2 Å². The molecule has 4 rings (SSSR count). The topological polar surface area (TPSA) is 96.0 Å². The molecule has 0 fully saturated rings. The lowest BCUT2D eigenvalue weighted by Crippen LogP contribution is -2.54. The summed E-state index contributed by atoms with van der Waals surface area (Å²) in [4.78, 5) is 30.1. The van der Waals surface area contributed by atoms with Gasteiger partial charge >= 0.3 is 0 Å². The molecule has 0 heterocycles. The van der Waals surface area contributed by atoms with Gasteiger partial charge in [0.2, 0.25) is 11.8 Å². The van der Waals surface area contributed by atoms with Crippen molar-refractivity contribution in [2.45, 2.75) is 57.1 Å². The highest BCUT2D eigenvalue weighted by molar-refractivity contribution is 7.92. The molecule has 0 unspecified atom stereocenters. The average Bonchev–Trinajstić information content (AvgIpc) is 3.07. The second-order valence-corrected chi connectivity index (χ2v) is 13.4. The molecule has 242 valence electrons. The number of carbonyl (C=O) groups excluding carboxylic acids is 2. The van der Waals surface area contributed by atoms with Crippen LogP contribution in [0.25, 0.3) is 0 Å². The maximum atomic E-state index is 14.6. The summed E-state index contributed by atoms with van der Waals surface area (Å²) in [5.41, 5.74) is 2.36. The van der Waals surface area contributed by atoms with Crippen LogP contribution in [-0.4, -0.2) is 50.9 Å². The first kappa shape index (κ1) is 34.5. The van der Waals surface area contributed by atoms with Gasteiger partial charge in [-0.1, -0.05) is 85.3 Å². The van der Waals surface area contributed by atoms with Gasteiger partial charge in [0.1, 0.15) is 18.3 Å². The first-order valence-corrected chi connectivity index (χ1v) is 17.0. The molecular formula is C36H40ClN3O5S. The molecule has 0 saturated heterocycles. The molecular weight excluding hydrogens is 622 g/mol. The second-order valence-electron chi connectivity index (χ2n) is 11.1. The van der Waals surface area contributed by atoms with Gasteiger partial charge in [-0.25, -0.2) is 8.42 Å². The van der Waals surface area contributed by atoms with Crippen LogP contribution in [0.1, 0.15) is 37.0 Å². The predicted octanol–water partition coefficient (Wildman–Crippen LogP) is 6.41. The summed E-state index contributed by atoms with van der Waals surface area (Å²) in [6, 6.07) is 28.5. The Balaban J connectivity index is 1.84. The minimum Gasteiger partial charge on any atom is -0.497 e. The number of anilines is 1. The van der Waals surface area contributed by atoms with Gasteiger partial charge in [-0.15, -0.1) is 0 Å². The molecule has 8 nitrogen and oxygen atoms in total. The van der Waals surface area contributed by atoms with Gasteiger partial charge in [0, 0.05) is 24.0 Å². The van der Waals surface area contributed by atoms with E-state index < -0.39 is 28.5 Å². The fraction of sp³-hybridized carbons (Fsp3) is 0.278. The van der Waals surface area contributed by atoms with Crippen LogP contribution in [-0.2, 0) is 32.6 Å². The lowest BCUT2D eigenvalue weighted by Gasteiger charge is -2.34. The summed E-state index contributed by atoms with van der Waals surface area (Å²) >= 11 is 6.45. The molecule has 0 saturated carbocycles. The van der Waals surface area contributed by atoms with Crippen molar-refractivity contribution in [1.29, 1.82) is 0 Å². The van der Waals surface area contributed by atoms with Crippen LogP contribution >= 0.6 is 11.6 Å². The SMILES string of the molecule is CC[C@@H](C)NC(=O)[C@@H](Cc1ccccc1)N(Cc1cccc(OC)c1)C(=O)CN(c1cccc(Cl)c1C)S(=O)(=O)c1ccccc1. The molecule has 0 spiro atoms. The number of methoxy groups -OCH3 is 1. The van der Waals surface area contributed by atoms with Gasteiger partial charge in [-0.05, 0) is 73.4 Å². The maximum absolute atomic E-state index is 14.6. The Morgan fingerprint density at radius 2 is 1.52 bits per heavy atom. The zero-order valence-corrected chi connectivity index (χ0v) is 28.1. The standard InChI is InChI=1S/C36H40ClN3O5S/c1-5-26(2)38-36(42)34(23-28-14-8-6-9-15-28)39(24-29-16-12-17-30(22-29)45-4)35(41)25-40(33-21-13-20-32(37)27(33)3)46(43,44)31-18-10-7-11-19-31/h6-22,26,34H,5,23-25H2,1-4H3,(H,38,42)/t26-,34-/m1/s1. The summed E-state index contributed by atoms with van der Waals surface area (Å²) < 4.78 is 34.9. The lowest BCUT2D eigenvalue weighted by atomic mass is 10.0. The van der Waals surface area contributed by atoms with E-state index in [9.17, 15) is 18.0 Å². The quantitative estimate of drug-likeness (QED) is 0.169. The van der Waals surface area contributed by atoms with E-state index in [1.54, 1.807) is 62.6 Å². The van der Waals surface area contributed by atoms with E-state index in [4.69, 9.17) is 16.3 Å². The Bertz CT molecular complexity index is 1740. The van der Waals surface area contributed by atoms with Crippen molar-refractivity contribution < 1.29 is 22.7 Å². The Labute approximate surface area is 277 Å². The van der Waals surface area contributed by atoms with Crippen LogP contribution in [0.4, 0.5) is 5.69 Å². The number of halogens is 1. The van der Waals surface area contributed by atoms with Crippen molar-refractivity contribution >= 4 is 39.1 Å². The van der Waals surface area contributed by atoms with Crippen molar-refractivity contribution in [2.24, 2.45) is 0 Å². The van der Waals surface area contributed by atoms with Crippen LogP contribution < -0.4 is 14.4 Å². The molecule has 46 heavy (non-hydrogen) atoms. The number of sulfonamides is 1. The molecule has 0 aliphatic carbocycles. The minimum absolute atomic E-state index is 0.0249. The van der Waals surface area contributed by atoms with E-state index >= 15 is 0 Å². The Morgan fingerprint density at radius 3 is 2.17 bits per heavy atom. The van der Waals surface area contributed by atoms with Crippen molar-refractivity contribution in [3.8, 4) is 5.75 Å². The highest BCUT2D eigenvalue weighted by atomic mass is 35.5. The zero-order valence-electron chi connectivity index (χ0n) is 26.5. The van der Waals surface area contributed by atoms with Gasteiger partial charge in [0.15, 0.2) is 0 Å². The number of hydrogen-bond acceptors (Lipinski definition) is 5. The number of hydrogen-bond donors (Lipinski definition) is 1. The van der Waals surface area contributed by atoms with Crippen LogP contribution in [0.5, 0.6) is 5.75 Å². The molecule has 2 atom stereocenters. The number of amides is 2. The number of nitrogens with zero attached hydrogens (tertiary/aromatic N) is 2. The first-order valence-electron chi connectivity index (χ1n) is 15.1. The highest BCUT2D eigenvalue weighted by Crippen LogP contribution is 2.31. The fourth-order valence-electron chi connectivity index (χ4n) is 5.06. The molecule has 4 aromatic carbocycles. The Kier molecular flexibility index (Phi) is 11.8. The van der Waals surface area contributed by atoms with Crippen LogP contribution in [0.2, 0.25) is 5.02 Å². The van der Waals surface area contributed by atoms with Gasteiger partial charge in [-0.3, -0.25) is 13.9 Å². The molecule has 0 aromatic heterocycles. The summed E-state index contributed by atoms with van der Waals surface area (Å²) in [6.45, 7) is 5.05. The monoisotopic (exact) mass is 661 g/mol. The van der Waals surface area contributed by atoms with Crippen molar-refractivity contribution in [3.63, 3.8) is 0 Å². The summed E-state index contributed by atoms with van der Waals surface area (Å²) in [5.74, 6) is -0.288. The number of rotatable bonds is 14. The fourth-order valence-corrected chi connectivity index (χ4v) is 6.72. The molecule has 0 radical (unpaired) electrons. The average molecular weight is 662 g/mol. The van der Waals surface area contributed by atoms with Crippen LogP contribution in [0, 0.1) is 6.92 Å². The lowest BCUT2D eigenvalue weighted by molar-refractivity contribution is -0.140. The molecule has 4 aromatic rings. The third-order valence-corrected chi connectivity index (χ3v) is 10.1. The van der Waals surface area contributed by atoms with Gasteiger partial charge < -0.3 is 15.0 Å². The number of ether oxygens (including phenoxy) is 1. The Morgan fingerprint density at radius 1 is 0.891 bits per heavy atom. The zero-order chi connectivity index (χ0) is 33.3. The molecule has 2 amide bonds.